The maximum absolute atomic E-state index is 6.25. The van der Waals surface area contributed by atoms with Crippen LogP contribution in [0.25, 0.3) is 0 Å². The number of hydrogen-bond acceptors (Lipinski definition) is 4. The van der Waals surface area contributed by atoms with Crippen molar-refractivity contribution in [1.82, 2.24) is 4.90 Å². The summed E-state index contributed by atoms with van der Waals surface area (Å²) in [7, 11) is 0. The van der Waals surface area contributed by atoms with Crippen LogP contribution in [0.15, 0.2) is 0 Å². The summed E-state index contributed by atoms with van der Waals surface area (Å²) in [5.41, 5.74) is 6.12. The van der Waals surface area contributed by atoms with Crippen molar-refractivity contribution < 1.29 is 9.47 Å². The second-order valence-corrected chi connectivity index (χ2v) is 6.21. The molecule has 1 saturated heterocycles. The molecule has 0 bridgehead atoms. The van der Waals surface area contributed by atoms with E-state index in [1.165, 1.54) is 12.8 Å². The van der Waals surface area contributed by atoms with Crippen LogP contribution in [-0.4, -0.2) is 42.7 Å². The highest BCUT2D eigenvalue weighted by molar-refractivity contribution is 4.85. The molecule has 1 heterocycles. The molecule has 0 amide bonds. The van der Waals surface area contributed by atoms with E-state index in [9.17, 15) is 0 Å². The Morgan fingerprint density at radius 1 is 1.32 bits per heavy atom. The van der Waals surface area contributed by atoms with Gasteiger partial charge in [0.05, 0.1) is 18.9 Å². The Bertz CT molecular complexity index is 277. The first-order valence-corrected chi connectivity index (χ1v) is 7.90. The molecule has 2 atom stereocenters. The Balaban J connectivity index is 1.84. The lowest BCUT2D eigenvalue weighted by Gasteiger charge is -2.35. The van der Waals surface area contributed by atoms with Crippen molar-refractivity contribution in [3.63, 3.8) is 0 Å². The minimum atomic E-state index is -0.271. The maximum atomic E-state index is 6.25. The van der Waals surface area contributed by atoms with Gasteiger partial charge >= 0.3 is 0 Å². The fourth-order valence-corrected chi connectivity index (χ4v) is 3.19. The largest absolute Gasteiger partial charge is 0.347 e. The molecule has 2 N–H and O–H groups in total. The SMILES string of the molecule is CCC(N)N(CC)CC1COC2(CCC(C)CC2)O1. The fourth-order valence-electron chi connectivity index (χ4n) is 3.19. The fraction of sp³-hybridized carbons (Fsp3) is 1.00. The van der Waals surface area contributed by atoms with Gasteiger partial charge in [0.2, 0.25) is 0 Å². The van der Waals surface area contributed by atoms with E-state index >= 15 is 0 Å². The first-order valence-electron chi connectivity index (χ1n) is 7.90. The zero-order chi connectivity index (χ0) is 13.9. The third-order valence-electron chi connectivity index (χ3n) is 4.68. The highest BCUT2D eigenvalue weighted by Gasteiger charge is 2.43. The average molecular weight is 270 g/mol. The second kappa shape index (κ2) is 6.53. The molecule has 19 heavy (non-hydrogen) atoms. The van der Waals surface area contributed by atoms with E-state index in [1.54, 1.807) is 0 Å². The van der Waals surface area contributed by atoms with E-state index in [0.717, 1.165) is 44.9 Å². The maximum Gasteiger partial charge on any atom is 0.168 e. The van der Waals surface area contributed by atoms with Crippen LogP contribution < -0.4 is 5.73 Å². The molecule has 4 nitrogen and oxygen atoms in total. The van der Waals surface area contributed by atoms with Crippen molar-refractivity contribution in [3.8, 4) is 0 Å². The predicted octanol–water partition coefficient (Wildman–Crippen LogP) is 2.32. The van der Waals surface area contributed by atoms with Gasteiger partial charge < -0.3 is 15.2 Å². The molecular formula is C15H30N2O2. The van der Waals surface area contributed by atoms with Crippen LogP contribution in [0.4, 0.5) is 0 Å². The van der Waals surface area contributed by atoms with Gasteiger partial charge in [0.15, 0.2) is 5.79 Å². The summed E-state index contributed by atoms with van der Waals surface area (Å²) >= 11 is 0. The summed E-state index contributed by atoms with van der Waals surface area (Å²) in [6.07, 6.45) is 5.84. The smallest absolute Gasteiger partial charge is 0.168 e. The van der Waals surface area contributed by atoms with Gasteiger partial charge in [-0.1, -0.05) is 20.8 Å². The molecule has 0 aromatic carbocycles. The molecular weight excluding hydrogens is 240 g/mol. The molecule has 2 unspecified atom stereocenters. The third kappa shape index (κ3) is 3.69. The van der Waals surface area contributed by atoms with E-state index in [1.807, 2.05) is 0 Å². The third-order valence-corrected chi connectivity index (χ3v) is 4.68. The zero-order valence-electron chi connectivity index (χ0n) is 12.7. The van der Waals surface area contributed by atoms with Crippen molar-refractivity contribution in [2.75, 3.05) is 19.7 Å². The van der Waals surface area contributed by atoms with Crippen molar-refractivity contribution in [1.29, 1.82) is 0 Å². The number of likely N-dealkylation sites (N-methyl/N-ethyl adjacent to an activating group) is 1. The average Bonchev–Trinajstić information content (AvgIpc) is 2.82. The lowest BCUT2D eigenvalue weighted by Crippen LogP contribution is -2.46. The molecule has 2 rings (SSSR count). The predicted molar refractivity (Wildman–Crippen MR) is 76.7 cm³/mol. The van der Waals surface area contributed by atoms with Gasteiger partial charge in [-0.05, 0) is 31.7 Å². The standard InChI is InChI=1S/C15H30N2O2/c1-4-14(16)17(5-2)10-13-11-18-15(19-13)8-6-12(3)7-9-15/h12-14H,4-11,16H2,1-3H3. The molecule has 4 heteroatoms. The molecule has 2 aliphatic rings. The summed E-state index contributed by atoms with van der Waals surface area (Å²) in [5, 5.41) is 0. The highest BCUT2D eigenvalue weighted by atomic mass is 16.7. The van der Waals surface area contributed by atoms with Crippen LogP contribution in [0.1, 0.15) is 52.9 Å². The number of nitrogens with zero attached hydrogens (tertiary/aromatic N) is 1. The molecule has 1 spiro atoms. The molecule has 0 radical (unpaired) electrons. The topological polar surface area (TPSA) is 47.7 Å². The van der Waals surface area contributed by atoms with Crippen LogP contribution >= 0.6 is 0 Å². The lowest BCUT2D eigenvalue weighted by atomic mass is 9.86. The van der Waals surface area contributed by atoms with Gasteiger partial charge in [0.1, 0.15) is 0 Å². The zero-order valence-corrected chi connectivity index (χ0v) is 12.7. The summed E-state index contributed by atoms with van der Waals surface area (Å²) in [4.78, 5) is 2.29. The molecule has 0 aromatic heterocycles. The molecule has 2 fully saturated rings. The van der Waals surface area contributed by atoms with Crippen molar-refractivity contribution in [2.24, 2.45) is 11.7 Å². The quantitative estimate of drug-likeness (QED) is 0.779. The monoisotopic (exact) mass is 270 g/mol. The Hall–Kier alpha value is -0.160. The molecule has 1 aliphatic carbocycles. The van der Waals surface area contributed by atoms with E-state index in [0.29, 0.717) is 0 Å². The van der Waals surface area contributed by atoms with Gasteiger partial charge in [0.25, 0.3) is 0 Å². The van der Waals surface area contributed by atoms with Crippen LogP contribution in [0.3, 0.4) is 0 Å². The van der Waals surface area contributed by atoms with Crippen molar-refractivity contribution in [3.05, 3.63) is 0 Å². The summed E-state index contributed by atoms with van der Waals surface area (Å²) < 4.78 is 12.3. The Morgan fingerprint density at radius 2 is 2.00 bits per heavy atom. The van der Waals surface area contributed by atoms with Gasteiger partial charge in [-0.25, -0.2) is 0 Å². The summed E-state index contributed by atoms with van der Waals surface area (Å²) in [6, 6.07) is 0. The van der Waals surface area contributed by atoms with Crippen LogP contribution in [0.2, 0.25) is 0 Å². The highest BCUT2D eigenvalue weighted by Crippen LogP contribution is 2.39. The van der Waals surface area contributed by atoms with Gasteiger partial charge in [-0.15, -0.1) is 0 Å². The van der Waals surface area contributed by atoms with E-state index in [2.05, 4.69) is 25.7 Å². The van der Waals surface area contributed by atoms with Gasteiger partial charge in [0, 0.05) is 19.4 Å². The molecule has 1 aliphatic heterocycles. The minimum absolute atomic E-state index is 0.136. The summed E-state index contributed by atoms with van der Waals surface area (Å²) in [6.45, 7) is 9.19. The minimum Gasteiger partial charge on any atom is -0.347 e. The van der Waals surface area contributed by atoms with Crippen LogP contribution in [-0.2, 0) is 9.47 Å². The van der Waals surface area contributed by atoms with Gasteiger partial charge in [-0.2, -0.15) is 0 Å². The lowest BCUT2D eigenvalue weighted by molar-refractivity contribution is -0.193. The van der Waals surface area contributed by atoms with Crippen molar-refractivity contribution >= 4 is 0 Å². The Labute approximate surface area is 117 Å². The normalized spacial score (nSPS) is 37.1. The second-order valence-electron chi connectivity index (χ2n) is 6.21. The van der Waals surface area contributed by atoms with E-state index in [4.69, 9.17) is 15.2 Å². The molecule has 0 aromatic rings. The number of hydrogen-bond donors (Lipinski definition) is 1. The molecule has 112 valence electrons. The number of ether oxygens (including phenoxy) is 2. The summed E-state index contributed by atoms with van der Waals surface area (Å²) in [5.74, 6) is 0.546. The number of nitrogens with two attached hydrogens (primary N) is 1. The Kier molecular flexibility index (Phi) is 5.23. The first-order chi connectivity index (χ1) is 9.08. The van der Waals surface area contributed by atoms with Crippen LogP contribution in [0, 0.1) is 5.92 Å². The van der Waals surface area contributed by atoms with Gasteiger partial charge in [-0.3, -0.25) is 4.90 Å². The molecule has 1 saturated carbocycles. The van der Waals surface area contributed by atoms with Crippen LogP contribution in [0.5, 0.6) is 0 Å². The first kappa shape index (κ1) is 15.2. The number of rotatable bonds is 5. The Morgan fingerprint density at radius 3 is 2.58 bits per heavy atom. The van der Waals surface area contributed by atoms with Crippen molar-refractivity contribution in [2.45, 2.75) is 70.9 Å². The van der Waals surface area contributed by atoms with E-state index in [-0.39, 0.29) is 18.1 Å². The van der Waals surface area contributed by atoms with E-state index < -0.39 is 0 Å².